The number of imidazole rings is 1. The summed E-state index contributed by atoms with van der Waals surface area (Å²) in [4.78, 5) is 39.9. The van der Waals surface area contributed by atoms with Crippen LogP contribution in [0.15, 0.2) is 47.4 Å². The molecule has 0 saturated heterocycles. The third-order valence-corrected chi connectivity index (χ3v) is 5.23. The van der Waals surface area contributed by atoms with Crippen molar-refractivity contribution in [3.63, 3.8) is 0 Å². The van der Waals surface area contributed by atoms with Crippen molar-refractivity contribution in [2.45, 2.75) is 52.3 Å². The lowest BCUT2D eigenvalue weighted by Gasteiger charge is -2.13. The van der Waals surface area contributed by atoms with Crippen LogP contribution in [0.5, 0.6) is 0 Å². The second-order valence-corrected chi connectivity index (χ2v) is 8.21. The molecule has 10 heteroatoms. The van der Waals surface area contributed by atoms with Gasteiger partial charge in [0.2, 0.25) is 5.91 Å². The minimum atomic E-state index is -1.00. The van der Waals surface area contributed by atoms with Crippen LogP contribution < -0.4 is 10.9 Å². The molecule has 0 saturated carbocycles. The lowest BCUT2D eigenvalue weighted by molar-refractivity contribution is -0.116. The summed E-state index contributed by atoms with van der Waals surface area (Å²) in [5.41, 5.74) is 0.344. The zero-order valence-electron chi connectivity index (χ0n) is 19.7. The van der Waals surface area contributed by atoms with Crippen LogP contribution in [-0.2, 0) is 27.4 Å². The summed E-state index contributed by atoms with van der Waals surface area (Å²) in [6.45, 7) is 4.46. The zero-order chi connectivity index (χ0) is 25.4. The van der Waals surface area contributed by atoms with Crippen molar-refractivity contribution in [3.8, 4) is 0 Å². The number of nitrogens with one attached hydrogen (secondary N) is 1. The number of halogens is 2. The van der Waals surface area contributed by atoms with E-state index < -0.39 is 17.2 Å². The molecule has 3 rings (SSSR count). The number of rotatable bonds is 12. The summed E-state index contributed by atoms with van der Waals surface area (Å²) in [5.74, 6) is -1.89. The highest BCUT2D eigenvalue weighted by atomic mass is 19.2. The quantitative estimate of drug-likeness (QED) is 0.239. The lowest BCUT2D eigenvalue weighted by Crippen LogP contribution is -2.27. The van der Waals surface area contributed by atoms with E-state index in [2.05, 4.69) is 10.3 Å². The number of hydrogen-bond donors (Lipinski definition) is 1. The molecule has 1 amide bonds. The third-order valence-electron chi connectivity index (χ3n) is 5.23. The number of aldehydes is 1. The molecular weight excluding hydrogens is 458 g/mol. The van der Waals surface area contributed by atoms with E-state index in [0.29, 0.717) is 43.6 Å². The fourth-order valence-electron chi connectivity index (χ4n) is 3.57. The van der Waals surface area contributed by atoms with Crippen molar-refractivity contribution in [1.29, 1.82) is 0 Å². The van der Waals surface area contributed by atoms with E-state index in [0.717, 1.165) is 12.1 Å². The smallest absolute Gasteiger partial charge is 0.274 e. The maximum Gasteiger partial charge on any atom is 0.274 e. The Bertz CT molecular complexity index is 1280. The average Bonchev–Trinajstić information content (AvgIpc) is 3.12. The van der Waals surface area contributed by atoms with Gasteiger partial charge in [0, 0.05) is 31.3 Å². The molecule has 0 aliphatic rings. The first-order valence-electron chi connectivity index (χ1n) is 11.4. The Morgan fingerprint density at radius 3 is 2.77 bits per heavy atom. The van der Waals surface area contributed by atoms with E-state index in [-0.39, 0.29) is 36.2 Å². The predicted molar refractivity (Wildman–Crippen MR) is 128 cm³/mol. The summed E-state index contributed by atoms with van der Waals surface area (Å²) < 4.78 is 36.4. The number of anilines is 1. The van der Waals surface area contributed by atoms with Gasteiger partial charge in [-0.1, -0.05) is 6.08 Å². The fraction of sp³-hybridized carbons (Fsp3) is 0.360. The Balaban J connectivity index is 1.82. The second kappa shape index (κ2) is 12.2. The van der Waals surface area contributed by atoms with Gasteiger partial charge in [0.15, 0.2) is 11.6 Å². The van der Waals surface area contributed by atoms with Gasteiger partial charge >= 0.3 is 0 Å². The van der Waals surface area contributed by atoms with Crippen LogP contribution in [0.4, 0.5) is 14.5 Å². The molecule has 35 heavy (non-hydrogen) atoms. The van der Waals surface area contributed by atoms with Crippen molar-refractivity contribution < 1.29 is 23.1 Å². The highest BCUT2D eigenvalue weighted by Gasteiger charge is 2.16. The molecule has 2 aromatic heterocycles. The molecule has 0 aliphatic heterocycles. The minimum Gasteiger partial charge on any atom is -0.377 e. The molecular formula is C25H28F2N4O4. The summed E-state index contributed by atoms with van der Waals surface area (Å²) >= 11 is 0. The van der Waals surface area contributed by atoms with Crippen molar-refractivity contribution in [1.82, 2.24) is 14.1 Å². The Morgan fingerprint density at radius 1 is 1.26 bits per heavy atom. The number of unbranched alkanes of at least 4 members (excludes halogenated alkanes) is 1. The molecule has 0 atom stereocenters. The van der Waals surface area contributed by atoms with Gasteiger partial charge in [-0.2, -0.15) is 0 Å². The number of ether oxygens (including phenoxy) is 1. The van der Waals surface area contributed by atoms with Crippen molar-refractivity contribution in [3.05, 3.63) is 70.4 Å². The van der Waals surface area contributed by atoms with Gasteiger partial charge in [-0.3, -0.25) is 14.4 Å². The molecule has 2 heterocycles. The van der Waals surface area contributed by atoms with Crippen molar-refractivity contribution in [2.75, 3.05) is 11.9 Å². The number of hydrogen-bond acceptors (Lipinski definition) is 5. The Kier molecular flexibility index (Phi) is 9.02. The molecule has 8 nitrogen and oxygen atoms in total. The van der Waals surface area contributed by atoms with Crippen molar-refractivity contribution >= 4 is 28.9 Å². The Morgan fingerprint density at radius 2 is 2.03 bits per heavy atom. The molecule has 0 bridgehead atoms. The number of aromatic nitrogens is 3. The third kappa shape index (κ3) is 6.92. The Labute approximate surface area is 201 Å². The predicted octanol–water partition coefficient (Wildman–Crippen LogP) is 3.81. The number of carbonyl (C=O) groups is 2. The van der Waals surface area contributed by atoms with E-state index in [1.165, 1.54) is 16.7 Å². The number of nitrogens with zero attached hydrogens (tertiary/aromatic N) is 3. The lowest BCUT2D eigenvalue weighted by atomic mass is 10.2. The largest absolute Gasteiger partial charge is 0.377 e. The SMILES string of the molecule is CC(C)OCCn1c(Cn2cccc(NC(=O)CCC/C=C/C=O)c2=O)nc2cc(F)c(F)cc21. The molecule has 3 aromatic rings. The van der Waals surface area contributed by atoms with Gasteiger partial charge in [0.25, 0.3) is 5.56 Å². The normalized spacial score (nSPS) is 11.6. The first-order valence-corrected chi connectivity index (χ1v) is 11.4. The number of carbonyl (C=O) groups excluding carboxylic acids is 2. The van der Waals surface area contributed by atoms with Crippen LogP contribution in [0, 0.1) is 11.6 Å². The topological polar surface area (TPSA) is 95.2 Å². The van der Waals surface area contributed by atoms with Crippen LogP contribution in [-0.4, -0.2) is 39.0 Å². The fourth-order valence-corrected chi connectivity index (χ4v) is 3.57. The molecule has 186 valence electrons. The van der Waals surface area contributed by atoms with Crippen LogP contribution in [0.2, 0.25) is 0 Å². The first-order chi connectivity index (χ1) is 16.8. The molecule has 0 unspecified atom stereocenters. The number of pyridine rings is 1. The highest BCUT2D eigenvalue weighted by Crippen LogP contribution is 2.21. The first kappa shape index (κ1) is 26.0. The van der Waals surface area contributed by atoms with Gasteiger partial charge in [-0.25, -0.2) is 13.8 Å². The van der Waals surface area contributed by atoms with Crippen LogP contribution in [0.1, 0.15) is 38.9 Å². The molecule has 0 radical (unpaired) electrons. The van der Waals surface area contributed by atoms with Gasteiger partial charge in [0.1, 0.15) is 17.8 Å². The van der Waals surface area contributed by atoms with Gasteiger partial charge < -0.3 is 19.2 Å². The summed E-state index contributed by atoms with van der Waals surface area (Å²) in [5, 5.41) is 2.62. The second-order valence-electron chi connectivity index (χ2n) is 8.21. The summed E-state index contributed by atoms with van der Waals surface area (Å²) in [7, 11) is 0. The summed E-state index contributed by atoms with van der Waals surface area (Å²) in [6.07, 6.45) is 6.57. The maximum atomic E-state index is 13.9. The molecule has 1 aromatic carbocycles. The van der Waals surface area contributed by atoms with Gasteiger partial charge in [0.05, 0.1) is 30.3 Å². The highest BCUT2D eigenvalue weighted by molar-refractivity contribution is 5.90. The monoisotopic (exact) mass is 486 g/mol. The molecule has 1 N–H and O–H groups in total. The van der Waals surface area contributed by atoms with Crippen LogP contribution >= 0.6 is 0 Å². The molecule has 0 fully saturated rings. The van der Waals surface area contributed by atoms with E-state index in [4.69, 9.17) is 4.74 Å². The van der Waals surface area contributed by atoms with E-state index in [9.17, 15) is 23.2 Å². The van der Waals surface area contributed by atoms with E-state index >= 15 is 0 Å². The standard InChI is InChI=1S/C25H28F2N4O4/c1-17(2)35-13-11-31-22-15-19(27)18(26)14-21(22)28-23(31)16-30-10-7-8-20(25(30)34)29-24(33)9-5-3-4-6-12-32/h4,6-8,10,12,14-15,17H,3,5,9,11,13,16H2,1-2H3,(H,29,33)/b6-4+. The Hall–Kier alpha value is -3.66. The van der Waals surface area contributed by atoms with Gasteiger partial charge in [-0.05, 0) is 44.9 Å². The van der Waals surface area contributed by atoms with Crippen LogP contribution in [0.3, 0.4) is 0 Å². The number of allylic oxidation sites excluding steroid dienone is 2. The van der Waals surface area contributed by atoms with Gasteiger partial charge in [-0.15, -0.1) is 0 Å². The summed E-state index contributed by atoms with van der Waals surface area (Å²) in [6, 6.07) is 5.24. The molecule has 0 aliphatic carbocycles. The number of amides is 1. The number of fused-ring (bicyclic) bond motifs is 1. The molecule has 0 spiro atoms. The minimum absolute atomic E-state index is 0.00799. The van der Waals surface area contributed by atoms with Crippen molar-refractivity contribution in [2.24, 2.45) is 0 Å². The zero-order valence-corrected chi connectivity index (χ0v) is 19.7. The van der Waals surface area contributed by atoms with E-state index in [1.807, 2.05) is 13.8 Å². The van der Waals surface area contributed by atoms with E-state index in [1.54, 1.807) is 22.9 Å². The number of benzene rings is 1. The van der Waals surface area contributed by atoms with Crippen LogP contribution in [0.25, 0.3) is 11.0 Å². The maximum absolute atomic E-state index is 13.9. The average molecular weight is 487 g/mol.